The molecule has 0 saturated carbocycles. The SMILES string of the molecule is CNC(=O)c1nc(C(C)C)n2ccc(OC)cc12. The summed E-state index contributed by atoms with van der Waals surface area (Å²) >= 11 is 0. The number of nitrogens with one attached hydrogen (secondary N) is 1. The normalized spacial score (nSPS) is 10.9. The molecule has 0 spiro atoms. The van der Waals surface area contributed by atoms with Crippen LogP contribution in [-0.4, -0.2) is 29.4 Å². The third-order valence-electron chi connectivity index (χ3n) is 2.84. The summed E-state index contributed by atoms with van der Waals surface area (Å²) in [6.45, 7) is 4.10. The summed E-state index contributed by atoms with van der Waals surface area (Å²) < 4.78 is 7.12. The molecule has 18 heavy (non-hydrogen) atoms. The molecule has 2 aromatic heterocycles. The van der Waals surface area contributed by atoms with Gasteiger partial charge in [0.1, 0.15) is 11.6 Å². The maximum atomic E-state index is 11.8. The van der Waals surface area contributed by atoms with Crippen LogP contribution in [0.4, 0.5) is 0 Å². The van der Waals surface area contributed by atoms with Crippen molar-refractivity contribution in [1.29, 1.82) is 0 Å². The van der Waals surface area contributed by atoms with Crippen molar-refractivity contribution in [1.82, 2.24) is 14.7 Å². The van der Waals surface area contributed by atoms with Crippen molar-refractivity contribution < 1.29 is 9.53 Å². The first kappa shape index (κ1) is 12.4. The van der Waals surface area contributed by atoms with Gasteiger partial charge in [-0.25, -0.2) is 4.98 Å². The first-order valence-corrected chi connectivity index (χ1v) is 5.86. The zero-order valence-electron chi connectivity index (χ0n) is 11.0. The average molecular weight is 247 g/mol. The van der Waals surface area contributed by atoms with Gasteiger partial charge in [0.05, 0.1) is 12.6 Å². The van der Waals surface area contributed by atoms with Crippen LogP contribution in [-0.2, 0) is 0 Å². The van der Waals surface area contributed by atoms with Gasteiger partial charge in [0, 0.05) is 25.2 Å². The van der Waals surface area contributed by atoms with Gasteiger partial charge in [-0.3, -0.25) is 4.79 Å². The third-order valence-corrected chi connectivity index (χ3v) is 2.84. The van der Waals surface area contributed by atoms with E-state index in [1.807, 2.05) is 36.6 Å². The van der Waals surface area contributed by atoms with E-state index in [1.54, 1.807) is 14.2 Å². The predicted molar refractivity (Wildman–Crippen MR) is 69.2 cm³/mol. The van der Waals surface area contributed by atoms with Crippen LogP contribution in [0.25, 0.3) is 5.52 Å². The quantitative estimate of drug-likeness (QED) is 0.900. The van der Waals surface area contributed by atoms with Crippen LogP contribution in [0.15, 0.2) is 18.3 Å². The van der Waals surface area contributed by atoms with Crippen LogP contribution in [0.1, 0.15) is 36.1 Å². The number of amides is 1. The Hall–Kier alpha value is -2.04. The van der Waals surface area contributed by atoms with Crippen molar-refractivity contribution in [2.24, 2.45) is 0 Å². The minimum Gasteiger partial charge on any atom is -0.497 e. The molecule has 5 heteroatoms. The fourth-order valence-electron chi connectivity index (χ4n) is 1.91. The van der Waals surface area contributed by atoms with E-state index >= 15 is 0 Å². The summed E-state index contributed by atoms with van der Waals surface area (Å²) in [5.74, 6) is 1.63. The topological polar surface area (TPSA) is 55.6 Å². The third kappa shape index (κ3) is 1.92. The van der Waals surface area contributed by atoms with Gasteiger partial charge >= 0.3 is 0 Å². The molecule has 5 nitrogen and oxygen atoms in total. The van der Waals surface area contributed by atoms with E-state index in [-0.39, 0.29) is 11.8 Å². The first-order valence-electron chi connectivity index (χ1n) is 5.86. The number of methoxy groups -OCH3 is 1. The molecule has 0 radical (unpaired) electrons. The number of imidazole rings is 1. The van der Waals surface area contributed by atoms with Crippen LogP contribution in [0, 0.1) is 0 Å². The van der Waals surface area contributed by atoms with Gasteiger partial charge in [-0.2, -0.15) is 0 Å². The molecule has 1 amide bonds. The lowest BCUT2D eigenvalue weighted by molar-refractivity contribution is 0.0960. The molecule has 1 N–H and O–H groups in total. The highest BCUT2D eigenvalue weighted by atomic mass is 16.5. The maximum Gasteiger partial charge on any atom is 0.271 e. The molecule has 0 bridgehead atoms. The second-order valence-corrected chi connectivity index (χ2v) is 4.37. The van der Waals surface area contributed by atoms with Crippen molar-refractivity contribution in [3.8, 4) is 5.75 Å². The highest BCUT2D eigenvalue weighted by molar-refractivity contribution is 5.99. The highest BCUT2D eigenvalue weighted by Gasteiger charge is 2.18. The molecule has 96 valence electrons. The Balaban J connectivity index is 2.72. The van der Waals surface area contributed by atoms with Gasteiger partial charge in [0.2, 0.25) is 0 Å². The minimum atomic E-state index is -0.187. The van der Waals surface area contributed by atoms with Crippen LogP contribution < -0.4 is 10.1 Å². The smallest absolute Gasteiger partial charge is 0.271 e. The summed E-state index contributed by atoms with van der Waals surface area (Å²) in [4.78, 5) is 16.3. The zero-order chi connectivity index (χ0) is 13.3. The molecule has 0 aromatic carbocycles. The fourth-order valence-corrected chi connectivity index (χ4v) is 1.91. The van der Waals surface area contributed by atoms with Gasteiger partial charge in [0.25, 0.3) is 5.91 Å². The molecule has 2 aromatic rings. The second kappa shape index (κ2) is 4.68. The van der Waals surface area contributed by atoms with E-state index in [4.69, 9.17) is 4.74 Å². The number of aromatic nitrogens is 2. The van der Waals surface area contributed by atoms with E-state index in [9.17, 15) is 4.79 Å². The molecule has 0 saturated heterocycles. The molecular weight excluding hydrogens is 230 g/mol. The maximum absolute atomic E-state index is 11.8. The summed E-state index contributed by atoms with van der Waals surface area (Å²) in [6.07, 6.45) is 1.88. The van der Waals surface area contributed by atoms with Gasteiger partial charge in [-0.1, -0.05) is 13.8 Å². The Kier molecular flexibility index (Phi) is 3.23. The van der Waals surface area contributed by atoms with Gasteiger partial charge in [-0.15, -0.1) is 0 Å². The Morgan fingerprint density at radius 2 is 2.22 bits per heavy atom. The van der Waals surface area contributed by atoms with Gasteiger partial charge in [0.15, 0.2) is 5.69 Å². The number of fused-ring (bicyclic) bond motifs is 1. The van der Waals surface area contributed by atoms with Crippen molar-refractivity contribution in [3.63, 3.8) is 0 Å². The monoisotopic (exact) mass is 247 g/mol. The number of pyridine rings is 1. The largest absolute Gasteiger partial charge is 0.497 e. The van der Waals surface area contributed by atoms with Crippen molar-refractivity contribution in [2.75, 3.05) is 14.2 Å². The molecular formula is C13H17N3O2. The number of nitrogens with zero attached hydrogens (tertiary/aromatic N) is 2. The van der Waals surface area contributed by atoms with E-state index in [1.165, 1.54) is 0 Å². The lowest BCUT2D eigenvalue weighted by atomic mass is 10.2. The molecule has 0 atom stereocenters. The summed E-state index contributed by atoms with van der Waals surface area (Å²) in [5, 5.41) is 2.61. The standard InChI is InChI=1S/C13H17N3O2/c1-8(2)12-15-11(13(17)14-3)10-7-9(18-4)5-6-16(10)12/h5-8H,1-4H3,(H,14,17). The number of carbonyl (C=O) groups excluding carboxylic acids is 1. The average Bonchev–Trinajstić information content (AvgIpc) is 2.76. The lowest BCUT2D eigenvalue weighted by Gasteiger charge is -2.05. The Labute approximate surface area is 106 Å². The van der Waals surface area contributed by atoms with Crippen LogP contribution >= 0.6 is 0 Å². The highest BCUT2D eigenvalue weighted by Crippen LogP contribution is 2.23. The lowest BCUT2D eigenvalue weighted by Crippen LogP contribution is -2.18. The molecule has 0 aliphatic carbocycles. The first-order chi connectivity index (χ1) is 8.58. The molecule has 2 rings (SSSR count). The molecule has 0 unspecified atom stereocenters. The van der Waals surface area contributed by atoms with Crippen LogP contribution in [0.5, 0.6) is 5.75 Å². The Bertz CT molecular complexity index is 587. The molecule has 0 fully saturated rings. The molecule has 0 aliphatic rings. The van der Waals surface area contributed by atoms with Crippen molar-refractivity contribution in [3.05, 3.63) is 29.8 Å². The second-order valence-electron chi connectivity index (χ2n) is 4.37. The number of hydrogen-bond acceptors (Lipinski definition) is 3. The molecule has 0 aliphatic heterocycles. The Morgan fingerprint density at radius 1 is 1.50 bits per heavy atom. The van der Waals surface area contributed by atoms with E-state index in [0.717, 1.165) is 11.3 Å². The predicted octanol–water partition coefficient (Wildman–Crippen LogP) is 1.83. The number of carbonyl (C=O) groups is 1. The summed E-state index contributed by atoms with van der Waals surface area (Å²) in [7, 11) is 3.20. The van der Waals surface area contributed by atoms with Gasteiger partial charge in [-0.05, 0) is 6.07 Å². The Morgan fingerprint density at radius 3 is 2.78 bits per heavy atom. The van der Waals surface area contributed by atoms with E-state index in [2.05, 4.69) is 10.3 Å². The fraction of sp³-hybridized carbons (Fsp3) is 0.385. The summed E-state index contributed by atoms with van der Waals surface area (Å²) in [6, 6.07) is 3.68. The molecule has 2 heterocycles. The zero-order valence-corrected chi connectivity index (χ0v) is 11.0. The number of hydrogen-bond donors (Lipinski definition) is 1. The number of ether oxygens (including phenoxy) is 1. The minimum absolute atomic E-state index is 0.187. The van der Waals surface area contributed by atoms with Gasteiger partial charge < -0.3 is 14.5 Å². The van der Waals surface area contributed by atoms with Crippen molar-refractivity contribution >= 4 is 11.4 Å². The van der Waals surface area contributed by atoms with Crippen molar-refractivity contribution in [2.45, 2.75) is 19.8 Å². The summed E-state index contributed by atoms with van der Waals surface area (Å²) in [5.41, 5.74) is 1.19. The van der Waals surface area contributed by atoms with Crippen LogP contribution in [0.3, 0.4) is 0 Å². The van der Waals surface area contributed by atoms with E-state index in [0.29, 0.717) is 11.4 Å². The van der Waals surface area contributed by atoms with E-state index < -0.39 is 0 Å². The van der Waals surface area contributed by atoms with Crippen LogP contribution in [0.2, 0.25) is 0 Å². The number of rotatable bonds is 3.